The zero-order chi connectivity index (χ0) is 28.8. The van der Waals surface area contributed by atoms with Crippen LogP contribution in [0.2, 0.25) is 0 Å². The van der Waals surface area contributed by atoms with Gasteiger partial charge in [0.2, 0.25) is 5.91 Å². The highest BCUT2D eigenvalue weighted by Gasteiger charge is 2.27. The van der Waals surface area contributed by atoms with Crippen LogP contribution >= 0.6 is 12.4 Å². The van der Waals surface area contributed by atoms with Crippen LogP contribution in [0.3, 0.4) is 0 Å². The van der Waals surface area contributed by atoms with Gasteiger partial charge >= 0.3 is 0 Å². The maximum atomic E-state index is 13.2. The normalized spacial score (nSPS) is 15.3. The summed E-state index contributed by atoms with van der Waals surface area (Å²) < 4.78 is 0. The third-order valence-corrected chi connectivity index (χ3v) is 7.45. The third-order valence-electron chi connectivity index (χ3n) is 7.45. The molecule has 0 aliphatic carbocycles. The third kappa shape index (κ3) is 7.36. The average Bonchev–Trinajstić information content (AvgIpc) is 3.01. The lowest BCUT2D eigenvalue weighted by Gasteiger charge is -2.36. The molecule has 2 fully saturated rings. The molecule has 42 heavy (non-hydrogen) atoms. The van der Waals surface area contributed by atoms with Crippen molar-refractivity contribution in [2.75, 3.05) is 62.6 Å². The number of carbonyl (C=O) groups is 3. The van der Waals surface area contributed by atoms with Crippen molar-refractivity contribution in [3.63, 3.8) is 0 Å². The van der Waals surface area contributed by atoms with Crippen molar-refractivity contribution in [3.8, 4) is 0 Å². The maximum absolute atomic E-state index is 13.2. The summed E-state index contributed by atoms with van der Waals surface area (Å²) in [6.45, 7) is 8.72. The van der Waals surface area contributed by atoms with E-state index >= 15 is 0 Å². The summed E-state index contributed by atoms with van der Waals surface area (Å²) in [7, 11) is 0. The number of carbonyl (C=O) groups excluding carboxylic acids is 3. The van der Waals surface area contributed by atoms with Crippen molar-refractivity contribution in [2.45, 2.75) is 26.3 Å². The number of piperazine rings is 2. The summed E-state index contributed by atoms with van der Waals surface area (Å²) in [4.78, 5) is 55.4. The Labute approximate surface area is 253 Å². The Kier molecular flexibility index (Phi) is 10.4. The van der Waals surface area contributed by atoms with Crippen LogP contribution in [0.4, 0.5) is 11.5 Å². The van der Waals surface area contributed by atoms with Crippen LogP contribution in [-0.2, 0) is 11.2 Å². The highest BCUT2D eigenvalue weighted by atomic mass is 35.5. The average molecular weight is 592 g/mol. The first-order valence-electron chi connectivity index (χ1n) is 14.2. The number of hydrogen-bond acceptors (Lipinski definition) is 7. The van der Waals surface area contributed by atoms with Gasteiger partial charge in [0.15, 0.2) is 5.82 Å². The van der Waals surface area contributed by atoms with Crippen LogP contribution in [0.5, 0.6) is 0 Å². The summed E-state index contributed by atoms with van der Waals surface area (Å²) >= 11 is 0. The number of benzene rings is 1. The molecule has 3 amide bonds. The molecule has 10 nitrogen and oxygen atoms in total. The first-order valence-corrected chi connectivity index (χ1v) is 14.2. The molecular formula is C31H38ClN7O3. The molecule has 0 bridgehead atoms. The maximum Gasteiger partial charge on any atom is 0.253 e. The van der Waals surface area contributed by atoms with Crippen LogP contribution in [0.25, 0.3) is 0 Å². The van der Waals surface area contributed by atoms with E-state index < -0.39 is 0 Å². The van der Waals surface area contributed by atoms with E-state index in [4.69, 9.17) is 0 Å². The van der Waals surface area contributed by atoms with E-state index in [9.17, 15) is 14.4 Å². The summed E-state index contributed by atoms with van der Waals surface area (Å²) in [6, 6.07) is 16.7. The van der Waals surface area contributed by atoms with Crippen molar-refractivity contribution in [3.05, 3.63) is 83.8 Å². The number of pyridine rings is 2. The van der Waals surface area contributed by atoms with E-state index in [0.29, 0.717) is 69.5 Å². The largest absolute Gasteiger partial charge is 0.380 e. The van der Waals surface area contributed by atoms with Crippen molar-refractivity contribution < 1.29 is 14.4 Å². The number of aromatic nitrogens is 2. The monoisotopic (exact) mass is 591 g/mol. The summed E-state index contributed by atoms with van der Waals surface area (Å²) in [5, 5.41) is 3.45. The van der Waals surface area contributed by atoms with Gasteiger partial charge in [-0.15, -0.1) is 12.4 Å². The highest BCUT2D eigenvalue weighted by molar-refractivity contribution is 5.98. The van der Waals surface area contributed by atoms with Crippen LogP contribution < -0.4 is 10.2 Å². The smallest absolute Gasteiger partial charge is 0.253 e. The highest BCUT2D eigenvalue weighted by Crippen LogP contribution is 2.25. The number of halogens is 1. The van der Waals surface area contributed by atoms with Gasteiger partial charge < -0.3 is 24.9 Å². The Morgan fingerprint density at radius 2 is 1.26 bits per heavy atom. The predicted octanol–water partition coefficient (Wildman–Crippen LogP) is 3.21. The summed E-state index contributed by atoms with van der Waals surface area (Å²) in [6.07, 6.45) is 3.74. The van der Waals surface area contributed by atoms with Crippen LogP contribution in [0.1, 0.15) is 40.3 Å². The summed E-state index contributed by atoms with van der Waals surface area (Å²) in [5.41, 5.74) is 2.86. The molecule has 0 spiro atoms. The first-order chi connectivity index (χ1) is 19.9. The second-order valence-electron chi connectivity index (χ2n) is 10.7. The zero-order valence-corrected chi connectivity index (χ0v) is 24.9. The molecule has 2 aliphatic rings. The molecule has 0 radical (unpaired) electrons. The molecular weight excluding hydrogens is 554 g/mol. The fourth-order valence-corrected chi connectivity index (χ4v) is 5.24. The van der Waals surface area contributed by atoms with Crippen LogP contribution in [0, 0.1) is 0 Å². The molecule has 2 aliphatic heterocycles. The van der Waals surface area contributed by atoms with Gasteiger partial charge in [0.05, 0.1) is 12.1 Å². The van der Waals surface area contributed by atoms with Gasteiger partial charge in [-0.25, -0.2) is 4.98 Å². The van der Waals surface area contributed by atoms with Gasteiger partial charge in [-0.2, -0.15) is 0 Å². The van der Waals surface area contributed by atoms with Gasteiger partial charge in [0, 0.05) is 87.6 Å². The number of amides is 3. The molecule has 2 aromatic heterocycles. The van der Waals surface area contributed by atoms with Crippen molar-refractivity contribution in [1.29, 1.82) is 0 Å². The minimum Gasteiger partial charge on any atom is -0.380 e. The Morgan fingerprint density at radius 3 is 1.81 bits per heavy atom. The van der Waals surface area contributed by atoms with Crippen molar-refractivity contribution >= 4 is 41.6 Å². The van der Waals surface area contributed by atoms with Gasteiger partial charge in [-0.05, 0) is 62.4 Å². The molecule has 3 aromatic rings. The lowest BCUT2D eigenvalue weighted by molar-refractivity contribution is -0.132. The van der Waals surface area contributed by atoms with E-state index in [1.807, 2.05) is 35.2 Å². The topological polar surface area (TPSA) is 102 Å². The fraction of sp³-hybridized carbons (Fsp3) is 0.387. The quantitative estimate of drug-likeness (QED) is 0.450. The summed E-state index contributed by atoms with van der Waals surface area (Å²) in [5.74, 6) is 0.808. The van der Waals surface area contributed by atoms with Crippen LogP contribution in [-0.4, -0.2) is 101 Å². The SMILES string of the molecule is CC(C)Nc1cccnc1N1CCN(C(=O)c2ccc(C(=O)N3CCN(C(=O)Cc4ccccn4)CC3)cc2)CC1.Cl. The Balaban J connectivity index is 0.00000405. The minimum absolute atomic E-state index is 0. The van der Waals surface area contributed by atoms with E-state index in [-0.39, 0.29) is 36.5 Å². The molecule has 2 saturated heterocycles. The molecule has 4 heterocycles. The molecule has 5 rings (SSSR count). The van der Waals surface area contributed by atoms with Crippen molar-refractivity contribution in [1.82, 2.24) is 24.7 Å². The van der Waals surface area contributed by atoms with Crippen LogP contribution in [0.15, 0.2) is 67.0 Å². The van der Waals surface area contributed by atoms with Gasteiger partial charge in [0.25, 0.3) is 11.8 Å². The molecule has 0 saturated carbocycles. The van der Waals surface area contributed by atoms with Crippen molar-refractivity contribution in [2.24, 2.45) is 0 Å². The number of nitrogens with zero attached hydrogens (tertiary/aromatic N) is 6. The first kappa shape index (κ1) is 30.8. The van der Waals surface area contributed by atoms with E-state index in [1.165, 1.54) is 0 Å². The number of anilines is 2. The van der Waals surface area contributed by atoms with E-state index in [0.717, 1.165) is 17.2 Å². The van der Waals surface area contributed by atoms with E-state index in [1.54, 1.807) is 46.5 Å². The molecule has 0 atom stereocenters. The zero-order valence-electron chi connectivity index (χ0n) is 24.1. The number of nitrogens with one attached hydrogen (secondary N) is 1. The molecule has 1 aromatic carbocycles. The second kappa shape index (κ2) is 14.1. The number of hydrogen-bond donors (Lipinski definition) is 1. The van der Waals surface area contributed by atoms with Gasteiger partial charge in [0.1, 0.15) is 0 Å². The fourth-order valence-electron chi connectivity index (χ4n) is 5.24. The Morgan fingerprint density at radius 1 is 0.714 bits per heavy atom. The Bertz CT molecular complexity index is 1350. The minimum atomic E-state index is -0.0874. The molecule has 1 N–H and O–H groups in total. The molecule has 222 valence electrons. The standard InChI is InChI=1S/C31H37N7O3.ClH/c1-23(2)34-27-7-5-13-33-29(27)36-16-20-38(21-17-36)31(41)25-10-8-24(9-11-25)30(40)37-18-14-35(15-19-37)28(39)22-26-6-3-4-12-32-26;/h3-13,23,34H,14-22H2,1-2H3;1H. The predicted molar refractivity (Wildman–Crippen MR) is 165 cm³/mol. The number of rotatable bonds is 7. The Hall–Kier alpha value is -4.18. The molecule has 11 heteroatoms. The molecule has 0 unspecified atom stereocenters. The lowest BCUT2D eigenvalue weighted by Crippen LogP contribution is -2.51. The lowest BCUT2D eigenvalue weighted by atomic mass is 10.1. The second-order valence-corrected chi connectivity index (χ2v) is 10.7. The van der Waals surface area contributed by atoms with E-state index in [2.05, 4.69) is 34.0 Å². The van der Waals surface area contributed by atoms with Gasteiger partial charge in [-0.3, -0.25) is 19.4 Å². The van der Waals surface area contributed by atoms with Gasteiger partial charge in [-0.1, -0.05) is 6.07 Å².